The van der Waals surface area contributed by atoms with Gasteiger partial charge in [-0.25, -0.2) is 4.39 Å². The van der Waals surface area contributed by atoms with Crippen LogP contribution in [0.15, 0.2) is 28.1 Å². The number of benzene rings is 1. The zero-order valence-corrected chi connectivity index (χ0v) is 14.5. The second kappa shape index (κ2) is 7.03. The van der Waals surface area contributed by atoms with Crippen LogP contribution in [0.5, 0.6) is 0 Å². The van der Waals surface area contributed by atoms with Gasteiger partial charge in [-0.2, -0.15) is 0 Å². The third-order valence-electron chi connectivity index (χ3n) is 3.08. The van der Waals surface area contributed by atoms with Gasteiger partial charge in [0.25, 0.3) is 0 Å². The van der Waals surface area contributed by atoms with Gasteiger partial charge in [-0.1, -0.05) is 36.7 Å². The molecular formula is C15H16BrClFNS. The summed E-state index contributed by atoms with van der Waals surface area (Å²) in [6.07, 6.45) is 0.990. The third-order valence-corrected chi connectivity index (χ3v) is 5.62. The Bertz CT molecular complexity index is 580. The monoisotopic (exact) mass is 375 g/mol. The van der Waals surface area contributed by atoms with Crippen LogP contribution in [0, 0.1) is 12.7 Å². The molecule has 1 atom stereocenters. The zero-order chi connectivity index (χ0) is 14.7. The summed E-state index contributed by atoms with van der Waals surface area (Å²) in [5.41, 5.74) is 1.33. The third kappa shape index (κ3) is 3.42. The van der Waals surface area contributed by atoms with Crippen molar-refractivity contribution >= 4 is 38.9 Å². The number of hydrogen-bond donors (Lipinski definition) is 1. The summed E-state index contributed by atoms with van der Waals surface area (Å²) in [4.78, 5) is 1.01. The van der Waals surface area contributed by atoms with E-state index in [-0.39, 0.29) is 11.9 Å². The van der Waals surface area contributed by atoms with Gasteiger partial charge in [0.15, 0.2) is 0 Å². The minimum absolute atomic E-state index is 0.151. The number of thiophene rings is 1. The normalized spacial score (nSPS) is 12.7. The fraction of sp³-hybridized carbons (Fsp3) is 0.333. The van der Waals surface area contributed by atoms with Crippen LogP contribution in [0.4, 0.5) is 4.39 Å². The number of rotatable bonds is 5. The molecule has 0 aliphatic carbocycles. The molecule has 1 heterocycles. The number of nitrogens with one attached hydrogen (secondary N) is 1. The van der Waals surface area contributed by atoms with E-state index in [9.17, 15) is 4.39 Å². The molecule has 0 amide bonds. The van der Waals surface area contributed by atoms with E-state index in [0.29, 0.717) is 16.1 Å². The average Bonchev–Trinajstić information content (AvgIpc) is 2.74. The summed E-state index contributed by atoms with van der Waals surface area (Å²) < 4.78 is 15.3. The van der Waals surface area contributed by atoms with Gasteiger partial charge in [0.2, 0.25) is 0 Å². The van der Waals surface area contributed by atoms with E-state index in [4.69, 9.17) is 11.6 Å². The summed E-state index contributed by atoms with van der Waals surface area (Å²) in [6.45, 7) is 4.70. The second-order valence-electron chi connectivity index (χ2n) is 4.64. The quantitative estimate of drug-likeness (QED) is 0.705. The van der Waals surface area contributed by atoms with Gasteiger partial charge in [-0.05, 0) is 47.4 Å². The van der Waals surface area contributed by atoms with Gasteiger partial charge in [0.1, 0.15) is 5.82 Å². The molecule has 1 nitrogen and oxygen atoms in total. The van der Waals surface area contributed by atoms with Crippen LogP contribution in [0.3, 0.4) is 0 Å². The first-order valence-corrected chi connectivity index (χ1v) is 8.46. The highest BCUT2D eigenvalue weighted by molar-refractivity contribution is 9.11. The van der Waals surface area contributed by atoms with E-state index in [1.54, 1.807) is 13.0 Å². The van der Waals surface area contributed by atoms with Crippen molar-refractivity contribution < 1.29 is 4.39 Å². The lowest BCUT2D eigenvalue weighted by atomic mass is 10.0. The van der Waals surface area contributed by atoms with Crippen LogP contribution in [0.1, 0.15) is 35.4 Å². The molecule has 2 rings (SSSR count). The molecule has 108 valence electrons. The Kier molecular flexibility index (Phi) is 5.61. The van der Waals surface area contributed by atoms with Gasteiger partial charge in [0, 0.05) is 10.4 Å². The topological polar surface area (TPSA) is 12.0 Å². The van der Waals surface area contributed by atoms with Crippen molar-refractivity contribution in [1.82, 2.24) is 5.32 Å². The molecule has 1 N–H and O–H groups in total. The standard InChI is InChI=1S/C15H16BrClFNS/c1-3-7-19-14(12-8-11(17)15(16)20-12)10-6-4-5-9(2)13(10)18/h4-6,8,14,19H,3,7H2,1-2H3. The van der Waals surface area contributed by atoms with E-state index < -0.39 is 0 Å². The molecule has 5 heteroatoms. The molecule has 0 aliphatic heterocycles. The molecule has 0 fully saturated rings. The number of aryl methyl sites for hydroxylation is 1. The molecule has 1 aromatic heterocycles. The van der Waals surface area contributed by atoms with Gasteiger partial charge in [-0.3, -0.25) is 0 Å². The lowest BCUT2D eigenvalue weighted by Crippen LogP contribution is -2.23. The van der Waals surface area contributed by atoms with E-state index >= 15 is 0 Å². The maximum absolute atomic E-state index is 14.4. The molecule has 1 aromatic carbocycles. The molecule has 20 heavy (non-hydrogen) atoms. The van der Waals surface area contributed by atoms with E-state index in [2.05, 4.69) is 28.2 Å². The number of halogens is 3. The highest BCUT2D eigenvalue weighted by Gasteiger charge is 2.21. The van der Waals surface area contributed by atoms with Gasteiger partial charge in [0.05, 0.1) is 14.9 Å². The summed E-state index contributed by atoms with van der Waals surface area (Å²) in [5.74, 6) is -0.151. The minimum atomic E-state index is -0.163. The van der Waals surface area contributed by atoms with Gasteiger partial charge in [-0.15, -0.1) is 11.3 Å². The highest BCUT2D eigenvalue weighted by Crippen LogP contribution is 2.38. The maximum atomic E-state index is 14.4. The first kappa shape index (κ1) is 16.0. The van der Waals surface area contributed by atoms with Gasteiger partial charge < -0.3 is 5.32 Å². The first-order chi connectivity index (χ1) is 9.54. The maximum Gasteiger partial charge on any atom is 0.131 e. The Labute approximate surface area is 136 Å². The Hall–Kier alpha value is -0.420. The minimum Gasteiger partial charge on any atom is -0.306 e. The van der Waals surface area contributed by atoms with Crippen molar-refractivity contribution in [2.75, 3.05) is 6.54 Å². The van der Waals surface area contributed by atoms with Crippen LogP contribution < -0.4 is 5.32 Å². The van der Waals surface area contributed by atoms with Crippen molar-refractivity contribution in [1.29, 1.82) is 0 Å². The summed E-state index contributed by atoms with van der Waals surface area (Å²) in [7, 11) is 0. The van der Waals surface area contributed by atoms with Crippen molar-refractivity contribution in [3.8, 4) is 0 Å². The Balaban J connectivity index is 2.44. The summed E-state index contributed by atoms with van der Waals surface area (Å²) in [5, 5.41) is 4.07. The molecule has 0 radical (unpaired) electrons. The van der Waals surface area contributed by atoms with Crippen LogP contribution >= 0.6 is 38.9 Å². The Morgan fingerprint density at radius 3 is 2.80 bits per heavy atom. The molecule has 1 unspecified atom stereocenters. The van der Waals surface area contributed by atoms with Crippen molar-refractivity contribution in [2.45, 2.75) is 26.3 Å². The number of hydrogen-bond acceptors (Lipinski definition) is 2. The SMILES string of the molecule is CCCNC(c1cc(Cl)c(Br)s1)c1cccc(C)c1F. The van der Waals surface area contributed by atoms with Crippen molar-refractivity contribution in [3.05, 3.63) is 54.9 Å². The van der Waals surface area contributed by atoms with Crippen LogP contribution in [0.25, 0.3) is 0 Å². The Morgan fingerprint density at radius 2 is 2.20 bits per heavy atom. The second-order valence-corrected chi connectivity index (χ2v) is 7.44. The lowest BCUT2D eigenvalue weighted by Gasteiger charge is -2.19. The van der Waals surface area contributed by atoms with Crippen LogP contribution in [-0.2, 0) is 0 Å². The highest BCUT2D eigenvalue weighted by atomic mass is 79.9. The molecule has 0 bridgehead atoms. The fourth-order valence-corrected chi connectivity index (χ4v) is 3.89. The molecule has 0 aliphatic rings. The van der Waals surface area contributed by atoms with Gasteiger partial charge >= 0.3 is 0 Å². The predicted molar refractivity (Wildman–Crippen MR) is 88.3 cm³/mol. The first-order valence-electron chi connectivity index (χ1n) is 6.47. The molecule has 0 saturated carbocycles. The van der Waals surface area contributed by atoms with Crippen LogP contribution in [0.2, 0.25) is 5.02 Å². The van der Waals surface area contributed by atoms with E-state index in [0.717, 1.165) is 21.6 Å². The zero-order valence-electron chi connectivity index (χ0n) is 11.3. The van der Waals surface area contributed by atoms with Crippen molar-refractivity contribution in [3.63, 3.8) is 0 Å². The molecular weight excluding hydrogens is 361 g/mol. The molecule has 0 spiro atoms. The Morgan fingerprint density at radius 1 is 1.45 bits per heavy atom. The fourth-order valence-electron chi connectivity index (χ4n) is 2.05. The lowest BCUT2D eigenvalue weighted by molar-refractivity contribution is 0.546. The summed E-state index contributed by atoms with van der Waals surface area (Å²) >= 11 is 11.1. The van der Waals surface area contributed by atoms with Crippen molar-refractivity contribution in [2.24, 2.45) is 0 Å². The predicted octanol–water partition coefficient (Wildman–Crippen LogP) is 5.70. The average molecular weight is 377 g/mol. The smallest absolute Gasteiger partial charge is 0.131 e. The molecule has 0 saturated heterocycles. The van der Waals surface area contributed by atoms with Crippen LogP contribution in [-0.4, -0.2) is 6.54 Å². The summed E-state index contributed by atoms with van der Waals surface area (Å²) in [6, 6.07) is 7.23. The van der Waals surface area contributed by atoms with E-state index in [1.165, 1.54) is 11.3 Å². The largest absolute Gasteiger partial charge is 0.306 e. The molecule has 2 aromatic rings. The van der Waals surface area contributed by atoms with E-state index in [1.807, 2.05) is 18.2 Å².